The second-order valence-electron chi connectivity index (χ2n) is 6.04. The van der Waals surface area contributed by atoms with Gasteiger partial charge in [0.25, 0.3) is 5.91 Å². The first-order chi connectivity index (χ1) is 12.4. The van der Waals surface area contributed by atoms with Crippen LogP contribution in [-0.4, -0.2) is 48.8 Å². The lowest BCUT2D eigenvalue weighted by Gasteiger charge is -2.21. The van der Waals surface area contributed by atoms with Gasteiger partial charge in [-0.25, -0.2) is 4.79 Å². The van der Waals surface area contributed by atoms with E-state index in [1.807, 2.05) is 4.90 Å². The molecule has 2 aromatic rings. The summed E-state index contributed by atoms with van der Waals surface area (Å²) in [6, 6.07) is 4.24. The molecule has 0 aliphatic carbocycles. The maximum Gasteiger partial charge on any atom is 0.407 e. The van der Waals surface area contributed by atoms with Crippen molar-refractivity contribution >= 4 is 28.6 Å². The van der Waals surface area contributed by atoms with Crippen molar-refractivity contribution in [2.24, 2.45) is 5.73 Å². The first-order valence-corrected chi connectivity index (χ1v) is 7.82. The highest BCUT2D eigenvalue weighted by Gasteiger charge is 2.42. The van der Waals surface area contributed by atoms with Crippen molar-refractivity contribution in [1.82, 2.24) is 10.3 Å². The average molecular weight is 364 g/mol. The smallest absolute Gasteiger partial charge is 0.407 e. The molecule has 2 saturated heterocycles. The van der Waals surface area contributed by atoms with Crippen LogP contribution in [0.1, 0.15) is 10.4 Å². The maximum absolute atomic E-state index is 12.7. The summed E-state index contributed by atoms with van der Waals surface area (Å²) in [5.41, 5.74) is 6.21. The summed E-state index contributed by atoms with van der Waals surface area (Å²) < 4.78 is 35.0. The largest absolute Gasteiger partial charge is 0.442 e. The number of fused-ring (bicyclic) bond motifs is 2. The Hall–Kier alpha value is -3.17. The minimum Gasteiger partial charge on any atom is -0.442 e. The zero-order valence-electron chi connectivity index (χ0n) is 13.3. The topological polar surface area (TPSA) is 107 Å². The van der Waals surface area contributed by atoms with Crippen LogP contribution < -0.4 is 20.7 Å². The molecule has 8 nitrogen and oxygen atoms in total. The van der Waals surface area contributed by atoms with Crippen molar-refractivity contribution in [3.8, 4) is 5.75 Å². The Bertz CT molecular complexity index is 891. The van der Waals surface area contributed by atoms with E-state index < -0.39 is 18.6 Å². The highest BCUT2D eigenvalue weighted by molar-refractivity contribution is 6.02. The molecule has 0 saturated carbocycles. The lowest BCUT2D eigenvalue weighted by Crippen LogP contribution is -2.32. The summed E-state index contributed by atoms with van der Waals surface area (Å²) in [6.07, 6.45) is 0.814. The molecule has 2 aliphatic heterocycles. The van der Waals surface area contributed by atoms with E-state index in [0.29, 0.717) is 29.7 Å². The van der Waals surface area contributed by atoms with Gasteiger partial charge in [-0.15, -0.1) is 0 Å². The van der Waals surface area contributed by atoms with Gasteiger partial charge >= 0.3 is 12.7 Å². The molecule has 2 aliphatic rings. The van der Waals surface area contributed by atoms with Crippen LogP contribution in [-0.2, 0) is 4.74 Å². The van der Waals surface area contributed by atoms with Crippen molar-refractivity contribution in [2.75, 3.05) is 18.0 Å². The fourth-order valence-corrected chi connectivity index (χ4v) is 3.37. The predicted molar refractivity (Wildman–Crippen MR) is 86.3 cm³/mol. The molecular weight excluding hydrogens is 350 g/mol. The van der Waals surface area contributed by atoms with E-state index in [2.05, 4.69) is 15.0 Å². The quantitative estimate of drug-likeness (QED) is 0.845. The second-order valence-corrected chi connectivity index (χ2v) is 6.04. The molecule has 1 aromatic heterocycles. The first kappa shape index (κ1) is 16.3. The number of nitrogens with two attached hydrogens (primary N) is 1. The number of benzene rings is 1. The Morgan fingerprint density at radius 2 is 2.23 bits per heavy atom. The zero-order valence-corrected chi connectivity index (χ0v) is 13.3. The molecule has 4 rings (SSSR count). The summed E-state index contributed by atoms with van der Waals surface area (Å²) in [5.74, 6) is -1.19. The Labute approximate surface area is 145 Å². The second kappa shape index (κ2) is 5.97. The van der Waals surface area contributed by atoms with Gasteiger partial charge in [0.05, 0.1) is 23.7 Å². The number of hydrogen-bond donors (Lipinski definition) is 2. The summed E-state index contributed by atoms with van der Waals surface area (Å²) >= 11 is 0. The fourth-order valence-electron chi connectivity index (χ4n) is 3.37. The minimum absolute atomic E-state index is 0.146. The van der Waals surface area contributed by atoms with Crippen LogP contribution in [0.4, 0.5) is 19.3 Å². The number of ether oxygens (including phenoxy) is 2. The van der Waals surface area contributed by atoms with Gasteiger partial charge in [-0.2, -0.15) is 8.78 Å². The van der Waals surface area contributed by atoms with Crippen LogP contribution in [0.2, 0.25) is 0 Å². The standard InChI is InChI=1S/C16H14F2N4O4/c17-15(18)25-12-4-7-9(3-8(12)14(19)23)20-2-1-11(7)22-5-10-13(6-22)26-16(24)21-10/h1-4,10,13,15H,5-6H2,(H2,19,23)(H,21,24)/t10-,13+/m1/s1. The number of alkyl carbamates (subject to hydrolysis) is 1. The molecule has 2 atom stereocenters. The fraction of sp³-hybridized carbons (Fsp3) is 0.312. The summed E-state index contributed by atoms with van der Waals surface area (Å²) in [6.45, 7) is -2.15. The Kier molecular flexibility index (Phi) is 3.74. The number of rotatable bonds is 4. The third-order valence-corrected chi connectivity index (χ3v) is 4.47. The number of carbonyl (C=O) groups is 2. The number of pyridine rings is 1. The van der Waals surface area contributed by atoms with E-state index in [9.17, 15) is 18.4 Å². The lowest BCUT2D eigenvalue weighted by molar-refractivity contribution is -0.0500. The van der Waals surface area contributed by atoms with Gasteiger partial charge in [0, 0.05) is 23.8 Å². The van der Waals surface area contributed by atoms with Crippen LogP contribution >= 0.6 is 0 Å². The van der Waals surface area contributed by atoms with Crippen molar-refractivity contribution in [1.29, 1.82) is 0 Å². The van der Waals surface area contributed by atoms with Gasteiger partial charge in [0.15, 0.2) is 0 Å². The molecule has 10 heteroatoms. The average Bonchev–Trinajstić information content (AvgIpc) is 3.10. The molecule has 136 valence electrons. The lowest BCUT2D eigenvalue weighted by atomic mass is 10.1. The van der Waals surface area contributed by atoms with Crippen LogP contribution in [0, 0.1) is 0 Å². The normalized spacial score (nSPS) is 21.7. The van der Waals surface area contributed by atoms with Crippen molar-refractivity contribution in [2.45, 2.75) is 18.8 Å². The van der Waals surface area contributed by atoms with E-state index in [4.69, 9.17) is 10.5 Å². The van der Waals surface area contributed by atoms with E-state index in [1.54, 1.807) is 12.3 Å². The first-order valence-electron chi connectivity index (χ1n) is 7.82. The Morgan fingerprint density at radius 3 is 2.92 bits per heavy atom. The molecule has 3 heterocycles. The summed E-state index contributed by atoms with van der Waals surface area (Å²) in [4.78, 5) is 29.0. The van der Waals surface area contributed by atoms with Gasteiger partial charge in [-0.05, 0) is 18.2 Å². The van der Waals surface area contributed by atoms with Crippen molar-refractivity contribution in [3.63, 3.8) is 0 Å². The molecule has 1 aromatic carbocycles. The molecule has 0 unspecified atom stereocenters. The predicted octanol–water partition coefficient (Wildman–Crippen LogP) is 1.23. The number of amides is 2. The highest BCUT2D eigenvalue weighted by Crippen LogP contribution is 2.34. The number of nitrogens with zero attached hydrogens (tertiary/aromatic N) is 2. The van der Waals surface area contributed by atoms with E-state index in [0.717, 1.165) is 0 Å². The number of primary amides is 1. The highest BCUT2D eigenvalue weighted by atomic mass is 19.3. The number of nitrogens with one attached hydrogen (secondary N) is 1. The molecule has 0 radical (unpaired) electrons. The molecule has 0 spiro atoms. The van der Waals surface area contributed by atoms with E-state index >= 15 is 0 Å². The van der Waals surface area contributed by atoms with Crippen molar-refractivity contribution in [3.05, 3.63) is 30.0 Å². The zero-order chi connectivity index (χ0) is 18.4. The number of alkyl halides is 2. The Morgan fingerprint density at radius 1 is 1.42 bits per heavy atom. The van der Waals surface area contributed by atoms with Gasteiger partial charge in [0.1, 0.15) is 11.9 Å². The number of hydrogen-bond acceptors (Lipinski definition) is 6. The molecule has 26 heavy (non-hydrogen) atoms. The summed E-state index contributed by atoms with van der Waals surface area (Å²) in [7, 11) is 0. The minimum atomic E-state index is -3.10. The van der Waals surface area contributed by atoms with Gasteiger partial charge in [0.2, 0.25) is 0 Å². The Balaban J connectivity index is 1.76. The van der Waals surface area contributed by atoms with Crippen LogP contribution in [0.3, 0.4) is 0 Å². The number of aromatic nitrogens is 1. The SMILES string of the molecule is NC(=O)c1cc2nccc(N3C[C@@H]4OC(=O)N[C@@H]4C3)c2cc1OC(F)F. The molecular formula is C16H14F2N4O4. The van der Waals surface area contributed by atoms with E-state index in [-0.39, 0.29) is 23.5 Å². The maximum atomic E-state index is 12.7. The molecule has 0 bridgehead atoms. The molecule has 2 fully saturated rings. The van der Waals surface area contributed by atoms with Gasteiger partial charge in [-0.1, -0.05) is 0 Å². The van der Waals surface area contributed by atoms with Gasteiger partial charge < -0.3 is 25.4 Å². The van der Waals surface area contributed by atoms with E-state index in [1.165, 1.54) is 12.1 Å². The number of carbonyl (C=O) groups excluding carboxylic acids is 2. The third-order valence-electron chi connectivity index (χ3n) is 4.47. The van der Waals surface area contributed by atoms with Crippen LogP contribution in [0.5, 0.6) is 5.75 Å². The molecule has 2 amide bonds. The number of halogens is 2. The summed E-state index contributed by atoms with van der Waals surface area (Å²) in [5, 5.41) is 3.25. The molecule has 3 N–H and O–H groups in total. The van der Waals surface area contributed by atoms with Gasteiger partial charge in [-0.3, -0.25) is 9.78 Å². The third kappa shape index (κ3) is 2.72. The van der Waals surface area contributed by atoms with Crippen molar-refractivity contribution < 1.29 is 27.8 Å². The number of anilines is 1. The van der Waals surface area contributed by atoms with Crippen LogP contribution in [0.15, 0.2) is 24.4 Å². The van der Waals surface area contributed by atoms with Crippen LogP contribution in [0.25, 0.3) is 10.9 Å². The monoisotopic (exact) mass is 364 g/mol.